The van der Waals surface area contributed by atoms with Gasteiger partial charge in [-0.15, -0.1) is 0 Å². The van der Waals surface area contributed by atoms with Crippen LogP contribution in [0.4, 0.5) is 20.2 Å². The number of nitrogens with zero attached hydrogens (tertiary/aromatic N) is 5. The molecule has 0 unspecified atom stereocenters. The van der Waals surface area contributed by atoms with E-state index in [1.165, 1.54) is 30.6 Å². The fourth-order valence-electron chi connectivity index (χ4n) is 8.49. The molecule has 9 rings (SSSR count). The molecule has 0 radical (unpaired) electrons. The van der Waals surface area contributed by atoms with Crippen molar-refractivity contribution in [3.63, 3.8) is 0 Å². The Kier molecular flexibility index (Phi) is 11.5. The number of allylic oxidation sites excluding steroid dienone is 1. The van der Waals surface area contributed by atoms with E-state index in [4.69, 9.17) is 16.3 Å². The number of anilines is 2. The average Bonchev–Trinajstić information content (AvgIpc) is 3.94. The largest absolute Gasteiger partial charge is 0.494 e. The first kappa shape index (κ1) is 41.2. The lowest BCUT2D eigenvalue weighted by atomic mass is 9.83. The maximum Gasteiger partial charge on any atom is 0.272 e. The topological polar surface area (TPSA) is 156 Å². The average molecular weight is 866 g/mol. The number of unbranched alkanes of at least 4 members (excludes halogenated alkanes) is 2. The van der Waals surface area contributed by atoms with Gasteiger partial charge in [0, 0.05) is 35.6 Å². The van der Waals surface area contributed by atoms with Crippen LogP contribution in [0.5, 0.6) is 5.75 Å². The van der Waals surface area contributed by atoms with Crippen LogP contribution in [0, 0.1) is 11.6 Å². The van der Waals surface area contributed by atoms with E-state index in [-0.39, 0.29) is 17.1 Å². The molecule has 318 valence electrons. The van der Waals surface area contributed by atoms with Gasteiger partial charge in [0.2, 0.25) is 5.91 Å². The van der Waals surface area contributed by atoms with Gasteiger partial charge in [0.25, 0.3) is 5.56 Å². The van der Waals surface area contributed by atoms with Crippen molar-refractivity contribution in [2.75, 3.05) is 17.2 Å². The normalized spacial score (nSPS) is 15.0. The second kappa shape index (κ2) is 17.7. The van der Waals surface area contributed by atoms with Crippen molar-refractivity contribution in [3.05, 3.63) is 170 Å². The number of fused-ring (bicyclic) bond motifs is 1. The van der Waals surface area contributed by atoms with Gasteiger partial charge in [-0.3, -0.25) is 19.4 Å². The Hall–Kier alpha value is -7.19. The lowest BCUT2D eigenvalue weighted by molar-refractivity contribution is -0.116. The highest BCUT2D eigenvalue weighted by Gasteiger charge is 2.38. The summed E-state index contributed by atoms with van der Waals surface area (Å²) in [5.74, 6) is -0.147. The van der Waals surface area contributed by atoms with Crippen LogP contribution in [0.3, 0.4) is 0 Å². The maximum atomic E-state index is 14.7. The number of hydrogen-bond donors (Lipinski definition) is 4. The van der Waals surface area contributed by atoms with E-state index >= 15 is 0 Å². The van der Waals surface area contributed by atoms with Crippen LogP contribution < -0.4 is 20.9 Å². The van der Waals surface area contributed by atoms with Crippen LogP contribution in [0.2, 0.25) is 5.02 Å². The third-order valence-electron chi connectivity index (χ3n) is 11.5. The summed E-state index contributed by atoms with van der Waals surface area (Å²) >= 11 is 6.60. The molecule has 3 aromatic heterocycles. The molecule has 0 fully saturated rings. The number of carbonyl (C=O) groups is 1. The predicted octanol–water partition coefficient (Wildman–Crippen LogP) is 10.1. The molecule has 4 N–H and O–H groups in total. The third kappa shape index (κ3) is 8.41. The van der Waals surface area contributed by atoms with Gasteiger partial charge in [0.15, 0.2) is 0 Å². The zero-order valence-corrected chi connectivity index (χ0v) is 35.1. The standard InChI is InChI=1S/C48H42ClF2N9O3/c1-3-35(36-18-13-31(50)23-38(36)49)42(29-12-19-39-30(21-29)25-53-57-39)27-10-16-34(17-11-27)63-20-6-4-5-7-41(61)55-33-14-8-28(9-15-33)45-44(47-52-26-54-60(47)2)46-43-37(48(62)59-58-46)22-32(51)24-40(43)56-45/h8-19,21-26,44-45,56H,3-7,20H2,1-2H3,(H,53,57)(H,55,61)(H,59,62)/b42-35+/t44-,45-/m1/s1. The monoisotopic (exact) mass is 865 g/mol. The number of H-pyrrole nitrogens is 2. The van der Waals surface area contributed by atoms with E-state index in [0.29, 0.717) is 59.2 Å². The number of amides is 1. The van der Waals surface area contributed by atoms with Crippen molar-refractivity contribution in [1.29, 1.82) is 0 Å². The summed E-state index contributed by atoms with van der Waals surface area (Å²) in [6.45, 7) is 2.56. The SMILES string of the molecule is CC/C(=C(/c1ccc(OCCCCCC(=O)Nc2ccc([C@H]3Nc4cc(F)cc5c(=O)[nH]nc(c45)[C@@H]3c3ncnn3C)cc2)cc1)c1ccc2[nH]ncc2c1)c1ccc(F)cc1Cl. The van der Waals surface area contributed by atoms with Gasteiger partial charge >= 0.3 is 0 Å². The van der Waals surface area contributed by atoms with E-state index in [2.05, 4.69) is 54.1 Å². The molecule has 63 heavy (non-hydrogen) atoms. The number of ether oxygens (including phenoxy) is 1. The minimum Gasteiger partial charge on any atom is -0.494 e. The van der Waals surface area contributed by atoms with Crippen LogP contribution >= 0.6 is 11.6 Å². The zero-order valence-electron chi connectivity index (χ0n) is 34.4. The molecule has 5 aromatic carbocycles. The van der Waals surface area contributed by atoms with Crippen molar-refractivity contribution in [2.24, 2.45) is 7.05 Å². The van der Waals surface area contributed by atoms with Gasteiger partial charge in [0.05, 0.1) is 46.4 Å². The van der Waals surface area contributed by atoms with Crippen molar-refractivity contribution in [1.82, 2.24) is 35.2 Å². The Balaban J connectivity index is 0.804. The first-order valence-corrected chi connectivity index (χ1v) is 21.1. The molecule has 2 atom stereocenters. The van der Waals surface area contributed by atoms with Crippen molar-refractivity contribution in [2.45, 2.75) is 51.0 Å². The summed E-state index contributed by atoms with van der Waals surface area (Å²) in [5, 5.41) is 26.9. The smallest absolute Gasteiger partial charge is 0.272 e. The molecule has 0 saturated heterocycles. The van der Waals surface area contributed by atoms with Gasteiger partial charge in [-0.25, -0.2) is 18.9 Å². The second-order valence-corrected chi connectivity index (χ2v) is 15.9. The molecule has 0 bridgehead atoms. The minimum absolute atomic E-state index is 0.0969. The molecule has 0 spiro atoms. The third-order valence-corrected chi connectivity index (χ3v) is 11.8. The Labute approximate surface area is 365 Å². The molecule has 1 aliphatic heterocycles. The molecule has 12 nitrogen and oxygen atoms in total. The minimum atomic E-state index is -0.541. The summed E-state index contributed by atoms with van der Waals surface area (Å²) in [7, 11) is 1.78. The lowest BCUT2D eigenvalue weighted by Crippen LogP contribution is -2.30. The van der Waals surface area contributed by atoms with Crippen molar-refractivity contribution in [3.8, 4) is 5.75 Å². The van der Waals surface area contributed by atoms with Gasteiger partial charge in [-0.2, -0.15) is 15.3 Å². The fraction of sp³-hybridized carbons (Fsp3) is 0.208. The van der Waals surface area contributed by atoms with Gasteiger partial charge in [-0.05, 0) is 120 Å². The van der Waals surface area contributed by atoms with E-state index < -0.39 is 23.3 Å². The molecular formula is C48H42ClF2N9O3. The second-order valence-electron chi connectivity index (χ2n) is 15.5. The number of rotatable bonds is 14. The molecule has 0 aliphatic carbocycles. The van der Waals surface area contributed by atoms with E-state index in [1.807, 2.05) is 60.7 Å². The van der Waals surface area contributed by atoms with Crippen LogP contribution in [-0.4, -0.2) is 47.7 Å². The Morgan fingerprint density at radius 2 is 1.71 bits per heavy atom. The predicted molar refractivity (Wildman–Crippen MR) is 241 cm³/mol. The number of aromatic amines is 2. The van der Waals surface area contributed by atoms with Crippen LogP contribution in [0.1, 0.15) is 84.8 Å². The Morgan fingerprint density at radius 3 is 2.48 bits per heavy atom. The van der Waals surface area contributed by atoms with Crippen LogP contribution in [0.15, 0.2) is 114 Å². The molecule has 8 aromatic rings. The highest BCUT2D eigenvalue weighted by atomic mass is 35.5. The Bertz CT molecular complexity index is 3070. The Morgan fingerprint density at radius 1 is 0.905 bits per heavy atom. The molecule has 4 heterocycles. The fourth-order valence-corrected chi connectivity index (χ4v) is 8.77. The lowest BCUT2D eigenvalue weighted by Gasteiger charge is -2.33. The summed E-state index contributed by atoms with van der Waals surface area (Å²) < 4.78 is 36.5. The van der Waals surface area contributed by atoms with E-state index in [0.717, 1.165) is 62.9 Å². The summed E-state index contributed by atoms with van der Waals surface area (Å²) in [4.78, 5) is 30.1. The number of nitrogens with one attached hydrogen (secondary N) is 4. The summed E-state index contributed by atoms with van der Waals surface area (Å²) in [6.07, 6.45) is 6.52. The maximum absolute atomic E-state index is 14.7. The molecule has 0 saturated carbocycles. The van der Waals surface area contributed by atoms with Crippen LogP contribution in [0.25, 0.3) is 32.8 Å². The van der Waals surface area contributed by atoms with Gasteiger partial charge in [0.1, 0.15) is 29.5 Å². The number of carbonyl (C=O) groups excluding carboxylic acids is 1. The molecule has 1 aliphatic rings. The van der Waals surface area contributed by atoms with Crippen molar-refractivity contribution >= 4 is 61.7 Å². The summed E-state index contributed by atoms with van der Waals surface area (Å²) in [5.41, 5.74) is 7.66. The first-order chi connectivity index (χ1) is 30.6. The molecular weight excluding hydrogens is 824 g/mol. The number of aromatic nitrogens is 7. The highest BCUT2D eigenvalue weighted by molar-refractivity contribution is 6.32. The van der Waals surface area contributed by atoms with Crippen molar-refractivity contribution < 1.29 is 18.3 Å². The number of halogens is 3. The summed E-state index contributed by atoms with van der Waals surface area (Å²) in [6, 6.07) is 28.2. The van der Waals surface area contributed by atoms with Gasteiger partial charge < -0.3 is 15.4 Å². The molecule has 15 heteroatoms. The van der Waals surface area contributed by atoms with E-state index in [1.54, 1.807) is 24.0 Å². The highest BCUT2D eigenvalue weighted by Crippen LogP contribution is 2.46. The number of aryl methyl sites for hydroxylation is 1. The number of hydrogen-bond acceptors (Lipinski definition) is 8. The van der Waals surface area contributed by atoms with E-state index in [9.17, 15) is 18.4 Å². The quantitative estimate of drug-likeness (QED) is 0.0622. The first-order valence-electron chi connectivity index (χ1n) is 20.7. The van der Waals surface area contributed by atoms with Crippen LogP contribution in [-0.2, 0) is 11.8 Å². The van der Waals surface area contributed by atoms with Gasteiger partial charge in [-0.1, -0.05) is 54.9 Å². The number of benzene rings is 5. The molecule has 1 amide bonds. The zero-order chi connectivity index (χ0) is 43.6.